The van der Waals surface area contributed by atoms with Crippen LogP contribution in [-0.4, -0.2) is 62.5 Å². The maximum atomic E-state index is 12.8. The van der Waals surface area contributed by atoms with Gasteiger partial charge in [0.05, 0.1) is 29.0 Å². The lowest BCUT2D eigenvalue weighted by molar-refractivity contribution is 0.0549. The normalized spacial score (nSPS) is 20.0. The molecule has 3 rings (SSSR count). The lowest BCUT2D eigenvalue weighted by Gasteiger charge is -2.24. The molecule has 134 valence electrons. The molecule has 2 aromatic heterocycles. The Morgan fingerprint density at radius 1 is 1.40 bits per heavy atom. The summed E-state index contributed by atoms with van der Waals surface area (Å²) in [7, 11) is 1.79. The van der Waals surface area contributed by atoms with Crippen LogP contribution in [0, 0.1) is 13.8 Å². The van der Waals surface area contributed by atoms with Gasteiger partial charge in [0.1, 0.15) is 5.82 Å². The van der Waals surface area contributed by atoms with Crippen LogP contribution in [0.15, 0.2) is 6.07 Å². The Bertz CT molecular complexity index is 759. The van der Waals surface area contributed by atoms with Gasteiger partial charge < -0.3 is 9.64 Å². The smallest absolute Gasteiger partial charge is 0.255 e. The number of rotatable bonds is 5. The highest BCUT2D eigenvalue weighted by Crippen LogP contribution is 2.29. The van der Waals surface area contributed by atoms with Gasteiger partial charge in [-0.2, -0.15) is 15.3 Å². The van der Waals surface area contributed by atoms with E-state index in [1.807, 2.05) is 19.9 Å². The summed E-state index contributed by atoms with van der Waals surface area (Å²) in [6, 6.07) is 1.83. The fourth-order valence-corrected chi connectivity index (χ4v) is 3.09. The summed E-state index contributed by atoms with van der Waals surface area (Å²) >= 11 is 0. The third-order valence-electron chi connectivity index (χ3n) is 4.58. The van der Waals surface area contributed by atoms with E-state index in [-0.39, 0.29) is 17.9 Å². The standard InChI is InChI=1S/C17H24N6O2/c1-5-12-8-14(10(2)19-21-12)17(24)23(4)9-15-13(6-7-25-15)16-18-11(3)20-22-16/h8,13,15H,5-7,9H2,1-4H3,(H,18,20,22)/t13-,15-/m1/s1. The zero-order chi connectivity index (χ0) is 18.0. The van der Waals surface area contributed by atoms with E-state index in [1.54, 1.807) is 18.9 Å². The summed E-state index contributed by atoms with van der Waals surface area (Å²) in [5, 5.41) is 15.3. The van der Waals surface area contributed by atoms with Crippen molar-refractivity contribution in [2.75, 3.05) is 20.2 Å². The van der Waals surface area contributed by atoms with E-state index >= 15 is 0 Å². The molecule has 2 atom stereocenters. The van der Waals surface area contributed by atoms with Crippen molar-refractivity contribution in [2.24, 2.45) is 0 Å². The minimum Gasteiger partial charge on any atom is -0.376 e. The molecule has 1 aliphatic rings. The minimum absolute atomic E-state index is 0.0671. The number of amides is 1. The maximum absolute atomic E-state index is 12.8. The van der Waals surface area contributed by atoms with Crippen LogP contribution < -0.4 is 0 Å². The number of nitrogens with one attached hydrogen (secondary N) is 1. The van der Waals surface area contributed by atoms with Crippen molar-refractivity contribution in [1.82, 2.24) is 30.3 Å². The Morgan fingerprint density at radius 3 is 2.88 bits per heavy atom. The number of aromatic nitrogens is 5. The van der Waals surface area contributed by atoms with Crippen LogP contribution >= 0.6 is 0 Å². The topological polar surface area (TPSA) is 96.9 Å². The van der Waals surface area contributed by atoms with Gasteiger partial charge in [-0.15, -0.1) is 0 Å². The van der Waals surface area contributed by atoms with E-state index in [2.05, 4.69) is 25.4 Å². The van der Waals surface area contributed by atoms with Gasteiger partial charge in [0.2, 0.25) is 0 Å². The zero-order valence-electron chi connectivity index (χ0n) is 15.1. The van der Waals surface area contributed by atoms with Crippen LogP contribution in [0.1, 0.15) is 52.7 Å². The highest BCUT2D eigenvalue weighted by atomic mass is 16.5. The summed E-state index contributed by atoms with van der Waals surface area (Å²) < 4.78 is 5.85. The first kappa shape index (κ1) is 17.5. The molecule has 0 saturated carbocycles. The van der Waals surface area contributed by atoms with Crippen LogP contribution in [0.3, 0.4) is 0 Å². The van der Waals surface area contributed by atoms with Crippen molar-refractivity contribution in [3.05, 3.63) is 34.7 Å². The van der Waals surface area contributed by atoms with E-state index in [1.165, 1.54) is 0 Å². The van der Waals surface area contributed by atoms with E-state index in [4.69, 9.17) is 4.74 Å². The molecular weight excluding hydrogens is 320 g/mol. The first-order chi connectivity index (χ1) is 12.0. The van der Waals surface area contributed by atoms with Gasteiger partial charge in [0, 0.05) is 20.2 Å². The number of likely N-dealkylation sites (N-methyl/N-ethyl adjacent to an activating group) is 1. The number of H-pyrrole nitrogens is 1. The molecule has 1 fully saturated rings. The lowest BCUT2D eigenvalue weighted by atomic mass is 10.00. The number of carbonyl (C=O) groups is 1. The monoisotopic (exact) mass is 344 g/mol. The van der Waals surface area contributed by atoms with Crippen LogP contribution in [-0.2, 0) is 11.2 Å². The maximum Gasteiger partial charge on any atom is 0.255 e. The molecule has 0 radical (unpaired) electrons. The summed E-state index contributed by atoms with van der Waals surface area (Å²) in [6.45, 7) is 6.81. The predicted octanol–water partition coefficient (Wildman–Crippen LogP) is 1.42. The molecule has 8 nitrogen and oxygen atoms in total. The number of hydrogen-bond donors (Lipinski definition) is 1. The highest BCUT2D eigenvalue weighted by Gasteiger charge is 2.34. The van der Waals surface area contributed by atoms with Gasteiger partial charge in [-0.25, -0.2) is 4.98 Å². The Morgan fingerprint density at radius 2 is 2.20 bits per heavy atom. The van der Waals surface area contributed by atoms with E-state index in [0.717, 1.165) is 30.2 Å². The molecule has 0 unspecified atom stereocenters. The average molecular weight is 344 g/mol. The fraction of sp³-hybridized carbons (Fsp3) is 0.588. The first-order valence-electron chi connectivity index (χ1n) is 8.58. The molecule has 1 amide bonds. The van der Waals surface area contributed by atoms with Crippen molar-refractivity contribution in [1.29, 1.82) is 0 Å². The van der Waals surface area contributed by atoms with Crippen LogP contribution in [0.4, 0.5) is 0 Å². The minimum atomic E-state index is -0.107. The summed E-state index contributed by atoms with van der Waals surface area (Å²) in [5.74, 6) is 1.58. The van der Waals surface area contributed by atoms with Crippen molar-refractivity contribution >= 4 is 5.91 Å². The van der Waals surface area contributed by atoms with E-state index in [9.17, 15) is 4.79 Å². The van der Waals surface area contributed by atoms with Crippen LogP contribution in [0.25, 0.3) is 0 Å². The van der Waals surface area contributed by atoms with Crippen molar-refractivity contribution in [3.63, 3.8) is 0 Å². The van der Waals surface area contributed by atoms with Gasteiger partial charge in [0.15, 0.2) is 5.82 Å². The molecule has 1 aliphatic heterocycles. The number of ether oxygens (including phenoxy) is 1. The molecule has 2 aromatic rings. The Balaban J connectivity index is 1.73. The van der Waals surface area contributed by atoms with Gasteiger partial charge in [-0.3, -0.25) is 9.89 Å². The second-order valence-electron chi connectivity index (χ2n) is 6.46. The number of hydrogen-bond acceptors (Lipinski definition) is 6. The van der Waals surface area contributed by atoms with Crippen molar-refractivity contribution in [2.45, 2.75) is 45.6 Å². The predicted molar refractivity (Wildman–Crippen MR) is 91.3 cm³/mol. The van der Waals surface area contributed by atoms with Gasteiger partial charge in [-0.1, -0.05) is 6.92 Å². The number of aryl methyl sites for hydroxylation is 3. The SMILES string of the molecule is CCc1cc(C(=O)N(C)C[C@H]2OCC[C@H]2c2n[nH]c(C)n2)c(C)nn1. The molecule has 3 heterocycles. The summed E-state index contributed by atoms with van der Waals surface area (Å²) in [5.41, 5.74) is 2.05. The van der Waals surface area contributed by atoms with Gasteiger partial charge in [0.25, 0.3) is 5.91 Å². The number of carbonyl (C=O) groups excluding carboxylic acids is 1. The third-order valence-corrected chi connectivity index (χ3v) is 4.58. The van der Waals surface area contributed by atoms with Crippen LogP contribution in [0.5, 0.6) is 0 Å². The summed E-state index contributed by atoms with van der Waals surface area (Å²) in [6.07, 6.45) is 1.50. The largest absolute Gasteiger partial charge is 0.376 e. The average Bonchev–Trinajstić information content (AvgIpc) is 3.23. The third kappa shape index (κ3) is 3.68. The molecule has 0 spiro atoms. The zero-order valence-corrected chi connectivity index (χ0v) is 15.1. The van der Waals surface area contributed by atoms with Gasteiger partial charge in [-0.05, 0) is 32.8 Å². The van der Waals surface area contributed by atoms with E-state index < -0.39 is 0 Å². The Kier molecular flexibility index (Phi) is 5.08. The fourth-order valence-electron chi connectivity index (χ4n) is 3.09. The molecule has 25 heavy (non-hydrogen) atoms. The van der Waals surface area contributed by atoms with Crippen molar-refractivity contribution in [3.8, 4) is 0 Å². The molecule has 1 saturated heterocycles. The second-order valence-corrected chi connectivity index (χ2v) is 6.46. The lowest BCUT2D eigenvalue weighted by Crippen LogP contribution is -2.37. The molecule has 0 bridgehead atoms. The first-order valence-corrected chi connectivity index (χ1v) is 8.58. The summed E-state index contributed by atoms with van der Waals surface area (Å²) in [4.78, 5) is 18.9. The molecule has 0 aliphatic carbocycles. The van der Waals surface area contributed by atoms with Gasteiger partial charge >= 0.3 is 0 Å². The molecule has 8 heteroatoms. The molecule has 0 aromatic carbocycles. The molecule has 1 N–H and O–H groups in total. The Labute approximate surface area is 147 Å². The van der Waals surface area contributed by atoms with E-state index in [0.29, 0.717) is 24.4 Å². The number of nitrogens with zero attached hydrogens (tertiary/aromatic N) is 5. The second kappa shape index (κ2) is 7.26. The van der Waals surface area contributed by atoms with Crippen LogP contribution in [0.2, 0.25) is 0 Å². The molecular formula is C17H24N6O2. The van der Waals surface area contributed by atoms with Crippen molar-refractivity contribution < 1.29 is 9.53 Å². The highest BCUT2D eigenvalue weighted by molar-refractivity contribution is 5.95. The Hall–Kier alpha value is -2.35. The number of aromatic amines is 1. The quantitative estimate of drug-likeness (QED) is 0.881.